The number of anilines is 3. The van der Waals surface area contributed by atoms with Gasteiger partial charge in [-0.05, 0) is 31.5 Å². The summed E-state index contributed by atoms with van der Waals surface area (Å²) >= 11 is 12.3. The molecule has 2 N–H and O–H groups in total. The molecule has 0 saturated carbocycles. The number of hydrogen-bond donors (Lipinski definition) is 2. The normalized spacial score (nSPS) is 11.8. The molecule has 0 spiro atoms. The molecule has 0 bridgehead atoms. The molecular formula is C20H20Cl2N4. The minimum absolute atomic E-state index is 0.271. The summed E-state index contributed by atoms with van der Waals surface area (Å²) in [5.41, 5.74) is 2.59. The zero-order valence-corrected chi connectivity index (χ0v) is 16.1. The molecule has 6 heteroatoms. The Morgan fingerprint density at radius 2 is 1.77 bits per heavy atom. The van der Waals surface area contributed by atoms with Crippen LogP contribution < -0.4 is 10.6 Å². The fourth-order valence-corrected chi connectivity index (χ4v) is 2.84. The monoisotopic (exact) mass is 386 g/mol. The maximum absolute atomic E-state index is 6.28. The first-order chi connectivity index (χ1) is 12.5. The Kier molecular flexibility index (Phi) is 5.96. The van der Waals surface area contributed by atoms with Crippen LogP contribution in [-0.4, -0.2) is 16.0 Å². The maximum atomic E-state index is 6.28. The van der Waals surface area contributed by atoms with E-state index in [0.29, 0.717) is 21.8 Å². The molecule has 26 heavy (non-hydrogen) atoms. The predicted octanol–water partition coefficient (Wildman–Crippen LogP) is 6.40. The molecule has 0 aliphatic carbocycles. The van der Waals surface area contributed by atoms with E-state index in [1.165, 1.54) is 0 Å². The van der Waals surface area contributed by atoms with Crippen LogP contribution in [0.3, 0.4) is 0 Å². The van der Waals surface area contributed by atoms with Gasteiger partial charge in [-0.1, -0.05) is 60.5 Å². The average Bonchev–Trinajstić information content (AvgIpc) is 2.64. The number of benzene rings is 2. The summed E-state index contributed by atoms with van der Waals surface area (Å²) in [5, 5.41) is 7.72. The van der Waals surface area contributed by atoms with Gasteiger partial charge in [-0.25, -0.2) is 4.98 Å². The summed E-state index contributed by atoms with van der Waals surface area (Å²) in [6.07, 6.45) is 0.977. The lowest BCUT2D eigenvalue weighted by atomic mass is 10.1. The Bertz CT molecular complexity index is 884. The minimum atomic E-state index is 0.271. The van der Waals surface area contributed by atoms with Crippen molar-refractivity contribution in [2.75, 3.05) is 10.6 Å². The molecule has 0 aliphatic heterocycles. The number of rotatable bonds is 6. The smallest absolute Gasteiger partial charge is 0.225 e. The predicted molar refractivity (Wildman–Crippen MR) is 111 cm³/mol. The largest absolute Gasteiger partial charge is 0.352 e. The van der Waals surface area contributed by atoms with E-state index in [4.69, 9.17) is 23.2 Å². The van der Waals surface area contributed by atoms with Crippen LogP contribution in [0, 0.1) is 0 Å². The van der Waals surface area contributed by atoms with E-state index in [9.17, 15) is 0 Å². The van der Waals surface area contributed by atoms with E-state index in [-0.39, 0.29) is 6.04 Å². The number of aromatic nitrogens is 2. The number of nitrogens with one attached hydrogen (secondary N) is 2. The lowest BCUT2D eigenvalue weighted by Gasteiger charge is -2.15. The molecular weight excluding hydrogens is 367 g/mol. The van der Waals surface area contributed by atoms with Gasteiger partial charge in [0.2, 0.25) is 5.95 Å². The summed E-state index contributed by atoms with van der Waals surface area (Å²) in [4.78, 5) is 9.23. The first kappa shape index (κ1) is 18.5. The fourth-order valence-electron chi connectivity index (χ4n) is 2.38. The summed E-state index contributed by atoms with van der Waals surface area (Å²) in [6, 6.07) is 17.5. The molecule has 1 aromatic heterocycles. The lowest BCUT2D eigenvalue weighted by molar-refractivity contribution is 0.753. The molecule has 3 aromatic rings. The summed E-state index contributed by atoms with van der Waals surface area (Å²) in [6.45, 7) is 4.22. The van der Waals surface area contributed by atoms with Gasteiger partial charge in [0.15, 0.2) is 0 Å². The van der Waals surface area contributed by atoms with Gasteiger partial charge < -0.3 is 10.6 Å². The molecule has 3 rings (SSSR count). The molecule has 0 fully saturated rings. The van der Waals surface area contributed by atoms with Crippen LogP contribution in [0.5, 0.6) is 0 Å². The van der Waals surface area contributed by atoms with Crippen LogP contribution in [0.1, 0.15) is 20.3 Å². The number of hydrogen-bond acceptors (Lipinski definition) is 4. The molecule has 0 amide bonds. The van der Waals surface area contributed by atoms with E-state index in [2.05, 4.69) is 34.4 Å². The van der Waals surface area contributed by atoms with Crippen LogP contribution in [0.4, 0.5) is 17.5 Å². The van der Waals surface area contributed by atoms with Crippen molar-refractivity contribution < 1.29 is 0 Å². The van der Waals surface area contributed by atoms with Crippen molar-refractivity contribution in [1.29, 1.82) is 0 Å². The van der Waals surface area contributed by atoms with E-state index in [1.54, 1.807) is 12.1 Å². The standard InChI is InChI=1S/C20H20Cl2N4/c1-3-13(2)23-20-25-18(14-7-5-4-6-8-14)12-19(26-20)24-17-10-9-15(21)11-16(17)22/h4-13H,3H2,1-2H3,(H2,23,24,25,26)/t13-/m0/s1. The Labute approximate surface area is 163 Å². The second kappa shape index (κ2) is 8.39. The highest BCUT2D eigenvalue weighted by atomic mass is 35.5. The molecule has 0 aliphatic rings. The van der Waals surface area contributed by atoms with Crippen LogP contribution in [0.15, 0.2) is 54.6 Å². The Morgan fingerprint density at radius 3 is 2.46 bits per heavy atom. The highest BCUT2D eigenvalue weighted by Gasteiger charge is 2.10. The third-order valence-corrected chi connectivity index (χ3v) is 4.53. The van der Waals surface area contributed by atoms with Crippen molar-refractivity contribution in [2.24, 2.45) is 0 Å². The highest BCUT2D eigenvalue weighted by Crippen LogP contribution is 2.29. The van der Waals surface area contributed by atoms with Crippen LogP contribution in [-0.2, 0) is 0 Å². The van der Waals surface area contributed by atoms with Gasteiger partial charge in [-0.15, -0.1) is 0 Å². The van der Waals surface area contributed by atoms with Crippen molar-refractivity contribution in [3.05, 3.63) is 64.6 Å². The fraction of sp³-hybridized carbons (Fsp3) is 0.200. The van der Waals surface area contributed by atoms with Crippen LogP contribution >= 0.6 is 23.2 Å². The number of halogens is 2. The maximum Gasteiger partial charge on any atom is 0.225 e. The van der Waals surface area contributed by atoms with Gasteiger partial charge in [0.25, 0.3) is 0 Å². The molecule has 2 aromatic carbocycles. The molecule has 0 unspecified atom stereocenters. The van der Waals surface area contributed by atoms with Gasteiger partial charge in [0, 0.05) is 22.7 Å². The third kappa shape index (κ3) is 4.65. The quantitative estimate of drug-likeness (QED) is 0.514. The average molecular weight is 387 g/mol. The van der Waals surface area contributed by atoms with E-state index < -0.39 is 0 Å². The van der Waals surface area contributed by atoms with E-state index >= 15 is 0 Å². The molecule has 1 atom stereocenters. The lowest BCUT2D eigenvalue weighted by Crippen LogP contribution is -2.16. The minimum Gasteiger partial charge on any atom is -0.352 e. The van der Waals surface area contributed by atoms with Gasteiger partial charge in [-0.3, -0.25) is 0 Å². The second-order valence-electron chi connectivity index (χ2n) is 6.03. The van der Waals surface area contributed by atoms with Crippen molar-refractivity contribution >= 4 is 40.7 Å². The zero-order valence-electron chi connectivity index (χ0n) is 14.6. The summed E-state index contributed by atoms with van der Waals surface area (Å²) in [7, 11) is 0. The topological polar surface area (TPSA) is 49.8 Å². The van der Waals surface area contributed by atoms with Gasteiger partial charge in [-0.2, -0.15) is 4.98 Å². The third-order valence-electron chi connectivity index (χ3n) is 3.98. The van der Waals surface area contributed by atoms with Crippen LogP contribution in [0.2, 0.25) is 10.0 Å². The summed E-state index contributed by atoms with van der Waals surface area (Å²) < 4.78 is 0. The number of nitrogens with zero attached hydrogens (tertiary/aromatic N) is 2. The van der Waals surface area contributed by atoms with Gasteiger partial charge in [0.1, 0.15) is 5.82 Å². The first-order valence-corrected chi connectivity index (χ1v) is 9.24. The van der Waals surface area contributed by atoms with Gasteiger partial charge in [0.05, 0.1) is 16.4 Å². The molecule has 134 valence electrons. The Balaban J connectivity index is 1.98. The van der Waals surface area contributed by atoms with Crippen LogP contribution in [0.25, 0.3) is 11.3 Å². The zero-order chi connectivity index (χ0) is 18.5. The SMILES string of the molecule is CC[C@H](C)Nc1nc(Nc2ccc(Cl)cc2Cl)cc(-c2ccccc2)n1. The summed E-state index contributed by atoms with van der Waals surface area (Å²) in [5.74, 6) is 1.24. The second-order valence-corrected chi connectivity index (χ2v) is 6.87. The molecule has 1 heterocycles. The van der Waals surface area contributed by atoms with Crippen molar-refractivity contribution in [2.45, 2.75) is 26.3 Å². The van der Waals surface area contributed by atoms with E-state index in [0.717, 1.165) is 23.4 Å². The molecule has 0 radical (unpaired) electrons. The van der Waals surface area contributed by atoms with Crippen molar-refractivity contribution in [3.8, 4) is 11.3 Å². The van der Waals surface area contributed by atoms with Crippen molar-refractivity contribution in [1.82, 2.24) is 9.97 Å². The van der Waals surface area contributed by atoms with Crippen molar-refractivity contribution in [3.63, 3.8) is 0 Å². The molecule has 4 nitrogen and oxygen atoms in total. The van der Waals surface area contributed by atoms with Gasteiger partial charge >= 0.3 is 0 Å². The Hall–Kier alpha value is -2.30. The first-order valence-electron chi connectivity index (χ1n) is 8.48. The van der Waals surface area contributed by atoms with E-state index in [1.807, 2.05) is 42.5 Å². The highest BCUT2D eigenvalue weighted by molar-refractivity contribution is 6.36. The Morgan fingerprint density at radius 1 is 1.00 bits per heavy atom. The molecule has 0 saturated heterocycles.